The van der Waals surface area contributed by atoms with Gasteiger partial charge in [-0.25, -0.2) is 8.78 Å². The summed E-state index contributed by atoms with van der Waals surface area (Å²) < 4.78 is 66.6. The molecule has 214 valence electrons. The molecule has 0 saturated heterocycles. The second-order valence-electron chi connectivity index (χ2n) is 9.72. The van der Waals surface area contributed by atoms with Crippen LogP contribution >= 0.6 is 0 Å². The van der Waals surface area contributed by atoms with Crippen molar-refractivity contribution in [2.45, 2.75) is 44.6 Å². The van der Waals surface area contributed by atoms with Gasteiger partial charge in [0.25, 0.3) is 11.8 Å². The van der Waals surface area contributed by atoms with Crippen molar-refractivity contribution in [3.63, 3.8) is 0 Å². The number of methoxy groups -OCH3 is 1. The maximum Gasteiger partial charge on any atom is 0.387 e. The molecular weight excluding hydrogens is 548 g/mol. The number of nitrogens with zero attached hydrogens (tertiary/aromatic N) is 5. The number of benzene rings is 2. The molecule has 2 atom stereocenters. The first-order valence-corrected chi connectivity index (χ1v) is 12.4. The van der Waals surface area contributed by atoms with Crippen LogP contribution < -0.4 is 14.8 Å². The molecule has 2 N–H and O–H groups in total. The molecule has 5 rings (SSSR count). The van der Waals surface area contributed by atoms with Crippen LogP contribution in [0.4, 0.5) is 17.6 Å². The molecule has 0 bridgehead atoms. The average molecular weight is 573 g/mol. The van der Waals surface area contributed by atoms with E-state index in [1.807, 2.05) is 0 Å². The molecule has 0 aliphatic heterocycles. The third-order valence-corrected chi connectivity index (χ3v) is 6.61. The van der Waals surface area contributed by atoms with E-state index in [1.165, 1.54) is 17.9 Å². The van der Waals surface area contributed by atoms with Crippen molar-refractivity contribution in [3.8, 4) is 40.0 Å². The number of carbonyl (C=O) groups excluding carboxylic acids is 1. The van der Waals surface area contributed by atoms with Gasteiger partial charge in [-0.3, -0.25) is 14.2 Å². The Morgan fingerprint density at radius 2 is 1.95 bits per heavy atom. The highest BCUT2D eigenvalue weighted by atomic mass is 19.3. The number of nitriles is 1. The predicted octanol–water partition coefficient (Wildman–Crippen LogP) is 4.10. The zero-order valence-corrected chi connectivity index (χ0v) is 22.0. The number of rotatable bonds is 9. The molecule has 2 aromatic heterocycles. The number of hydrogen-bond acceptors (Lipinski definition) is 7. The van der Waals surface area contributed by atoms with Crippen molar-refractivity contribution in [1.82, 2.24) is 24.9 Å². The number of halogens is 4. The summed E-state index contributed by atoms with van der Waals surface area (Å²) in [5.41, 5.74) is 2.05. The number of aromatic nitrogens is 4. The van der Waals surface area contributed by atoms with E-state index < -0.39 is 48.3 Å². The Bertz CT molecular complexity index is 1690. The van der Waals surface area contributed by atoms with Gasteiger partial charge in [-0.15, -0.1) is 0 Å². The third-order valence-electron chi connectivity index (χ3n) is 6.61. The highest BCUT2D eigenvalue weighted by molar-refractivity contribution is 6.03. The summed E-state index contributed by atoms with van der Waals surface area (Å²) in [4.78, 5) is 12.8. The molecule has 1 fully saturated rings. The fraction of sp³-hybridized carbons (Fsp3) is 0.333. The minimum absolute atomic E-state index is 0.199. The molecule has 1 amide bonds. The number of aliphatic hydroxyl groups is 1. The molecular formula is C27H24F4N6O4. The molecule has 1 aliphatic carbocycles. The van der Waals surface area contributed by atoms with Crippen LogP contribution in [0.5, 0.6) is 11.5 Å². The van der Waals surface area contributed by atoms with E-state index in [1.54, 1.807) is 43.2 Å². The van der Waals surface area contributed by atoms with E-state index in [9.17, 15) is 32.7 Å². The van der Waals surface area contributed by atoms with Crippen molar-refractivity contribution >= 4 is 16.8 Å². The molecule has 10 nitrogen and oxygen atoms in total. The van der Waals surface area contributed by atoms with Gasteiger partial charge in [0.15, 0.2) is 0 Å². The largest absolute Gasteiger partial charge is 0.496 e. The zero-order valence-electron chi connectivity index (χ0n) is 22.0. The molecule has 0 spiro atoms. The number of carbonyl (C=O) groups is 1. The van der Waals surface area contributed by atoms with Crippen molar-refractivity contribution in [3.05, 3.63) is 47.8 Å². The highest BCUT2D eigenvalue weighted by Gasteiger charge is 2.58. The lowest BCUT2D eigenvalue weighted by atomic mass is 9.97. The van der Waals surface area contributed by atoms with E-state index in [-0.39, 0.29) is 23.4 Å². The minimum Gasteiger partial charge on any atom is -0.496 e. The Morgan fingerprint density at radius 3 is 2.56 bits per heavy atom. The maximum atomic E-state index is 13.4. The summed E-state index contributed by atoms with van der Waals surface area (Å²) >= 11 is 0. The number of hydrogen-bond donors (Lipinski definition) is 2. The quantitative estimate of drug-likeness (QED) is 0.289. The van der Waals surface area contributed by atoms with Gasteiger partial charge in [0.1, 0.15) is 17.1 Å². The number of fused-ring (bicyclic) bond motifs is 1. The first-order chi connectivity index (χ1) is 19.4. The molecule has 0 unspecified atom stereocenters. The summed E-state index contributed by atoms with van der Waals surface area (Å²) in [6.45, 7) is -1.42. The summed E-state index contributed by atoms with van der Waals surface area (Å²) in [6.07, 6.45) is 2.14. The van der Waals surface area contributed by atoms with Crippen LogP contribution in [0.15, 0.2) is 36.7 Å². The van der Waals surface area contributed by atoms with Crippen LogP contribution in [-0.2, 0) is 13.6 Å². The Hall–Kier alpha value is -4.64. The van der Waals surface area contributed by atoms with Crippen LogP contribution in [0, 0.1) is 11.3 Å². The minimum atomic E-state index is -3.33. The van der Waals surface area contributed by atoms with Gasteiger partial charge in [-0.05, 0) is 36.8 Å². The average Bonchev–Trinajstić information content (AvgIpc) is 3.20. The molecule has 4 aromatic rings. The van der Waals surface area contributed by atoms with Gasteiger partial charge in [-0.2, -0.15) is 24.2 Å². The molecule has 1 saturated carbocycles. The molecule has 41 heavy (non-hydrogen) atoms. The van der Waals surface area contributed by atoms with E-state index in [0.29, 0.717) is 27.7 Å². The Labute approximate surface area is 230 Å². The SMILES string of the molecule is COc1cc(-c2c3c(C#N)cc(-c4cnn(C[C@H](C)O)c4)cc3nn2C)cc(OC(F)F)c1C(=O)N[C@@H]1CC1(F)F. The Balaban J connectivity index is 1.62. The summed E-state index contributed by atoms with van der Waals surface area (Å²) in [5.74, 6) is -4.93. The molecule has 2 aromatic carbocycles. The predicted molar refractivity (Wildman–Crippen MR) is 138 cm³/mol. The van der Waals surface area contributed by atoms with Crippen LogP contribution in [0.3, 0.4) is 0 Å². The maximum absolute atomic E-state index is 13.4. The number of aryl methyl sites for hydroxylation is 1. The van der Waals surface area contributed by atoms with Gasteiger partial charge in [-0.1, -0.05) is 0 Å². The van der Waals surface area contributed by atoms with Crippen molar-refractivity contribution in [2.75, 3.05) is 7.11 Å². The van der Waals surface area contributed by atoms with Crippen LogP contribution in [-0.4, -0.2) is 62.4 Å². The first kappa shape index (κ1) is 27.9. The van der Waals surface area contributed by atoms with E-state index in [0.717, 1.165) is 6.07 Å². The topological polar surface area (TPSA) is 127 Å². The number of amides is 1. The number of nitrogens with one attached hydrogen (secondary N) is 1. The molecule has 14 heteroatoms. The highest BCUT2D eigenvalue weighted by Crippen LogP contribution is 2.44. The van der Waals surface area contributed by atoms with Gasteiger partial charge in [0, 0.05) is 36.2 Å². The second kappa shape index (κ2) is 10.4. The fourth-order valence-corrected chi connectivity index (χ4v) is 4.70. The Morgan fingerprint density at radius 1 is 1.24 bits per heavy atom. The van der Waals surface area contributed by atoms with Crippen molar-refractivity contribution in [1.29, 1.82) is 5.26 Å². The van der Waals surface area contributed by atoms with Gasteiger partial charge in [0.2, 0.25) is 0 Å². The smallest absolute Gasteiger partial charge is 0.387 e. The van der Waals surface area contributed by atoms with Gasteiger partial charge >= 0.3 is 6.61 Å². The van der Waals surface area contributed by atoms with Gasteiger partial charge < -0.3 is 19.9 Å². The molecule has 1 aliphatic rings. The molecule has 2 heterocycles. The summed E-state index contributed by atoms with van der Waals surface area (Å²) in [5, 5.41) is 30.9. The fourth-order valence-electron chi connectivity index (χ4n) is 4.70. The molecule has 0 radical (unpaired) electrons. The third kappa shape index (κ3) is 5.40. The lowest BCUT2D eigenvalue weighted by Crippen LogP contribution is -2.30. The number of alkyl halides is 4. The van der Waals surface area contributed by atoms with E-state index in [2.05, 4.69) is 26.3 Å². The summed E-state index contributed by atoms with van der Waals surface area (Å²) in [6, 6.07) is 6.60. The van der Waals surface area contributed by atoms with Crippen LogP contribution in [0.25, 0.3) is 33.3 Å². The number of ether oxygens (including phenoxy) is 2. The van der Waals surface area contributed by atoms with Crippen LogP contribution in [0.1, 0.15) is 29.3 Å². The van der Waals surface area contributed by atoms with Crippen molar-refractivity contribution in [2.24, 2.45) is 7.05 Å². The first-order valence-electron chi connectivity index (χ1n) is 12.4. The Kier molecular flexibility index (Phi) is 7.08. The monoisotopic (exact) mass is 572 g/mol. The van der Waals surface area contributed by atoms with E-state index in [4.69, 9.17) is 4.74 Å². The zero-order chi connectivity index (χ0) is 29.6. The van der Waals surface area contributed by atoms with Crippen molar-refractivity contribution < 1.29 is 36.9 Å². The standard InChI is InChI=1S/C27H24F4N6O4/c1-13(38)11-37-12-17(10-33-37)14-4-16(9-32)22-18(5-14)35-36(2)24(22)15-6-19(40-3)23(20(7-15)41-26(28)29)25(39)34-21-8-27(21,30)31/h4-7,10,12-13,21,26,38H,8,11H2,1-3H3,(H,34,39)/t13-,21+/m0/s1. The van der Waals surface area contributed by atoms with E-state index >= 15 is 0 Å². The lowest BCUT2D eigenvalue weighted by Gasteiger charge is -2.17. The van der Waals surface area contributed by atoms with Gasteiger partial charge in [0.05, 0.1) is 54.8 Å². The second-order valence-corrected chi connectivity index (χ2v) is 9.72. The van der Waals surface area contributed by atoms with Crippen LogP contribution in [0.2, 0.25) is 0 Å². The summed E-state index contributed by atoms with van der Waals surface area (Å²) in [7, 11) is 2.78. The number of aliphatic hydroxyl groups excluding tert-OH is 1. The normalized spacial score (nSPS) is 16.4. The lowest BCUT2D eigenvalue weighted by molar-refractivity contribution is -0.0502.